The SMILES string of the molecule is Cc1nc(C2CCC(C)C2)nc(NN)c1C(C)C. The average Bonchev–Trinajstić information content (AvgIpc) is 2.74. The molecule has 0 saturated heterocycles. The molecule has 1 aromatic heterocycles. The fraction of sp³-hybridized carbons (Fsp3) is 0.714. The molecule has 1 saturated carbocycles. The second kappa shape index (κ2) is 5.22. The molecule has 100 valence electrons. The van der Waals surface area contributed by atoms with Gasteiger partial charge in [-0.1, -0.05) is 20.8 Å². The predicted molar refractivity (Wildman–Crippen MR) is 74.4 cm³/mol. The lowest BCUT2D eigenvalue weighted by Gasteiger charge is -2.17. The smallest absolute Gasteiger partial charge is 0.147 e. The number of nitrogens with two attached hydrogens (primary N) is 1. The second-order valence-corrected chi connectivity index (χ2v) is 5.84. The Morgan fingerprint density at radius 3 is 2.50 bits per heavy atom. The molecular formula is C14H24N4. The van der Waals surface area contributed by atoms with Crippen LogP contribution in [0.25, 0.3) is 0 Å². The van der Waals surface area contributed by atoms with Gasteiger partial charge in [0.15, 0.2) is 0 Å². The normalized spacial score (nSPS) is 23.7. The molecule has 0 aromatic carbocycles. The summed E-state index contributed by atoms with van der Waals surface area (Å²) in [6.45, 7) is 8.64. The van der Waals surface area contributed by atoms with Gasteiger partial charge < -0.3 is 5.43 Å². The van der Waals surface area contributed by atoms with Crippen LogP contribution in [0.1, 0.15) is 69.0 Å². The van der Waals surface area contributed by atoms with Crippen molar-refractivity contribution in [2.24, 2.45) is 11.8 Å². The van der Waals surface area contributed by atoms with Crippen molar-refractivity contribution in [3.8, 4) is 0 Å². The van der Waals surface area contributed by atoms with E-state index in [4.69, 9.17) is 10.8 Å². The molecule has 1 heterocycles. The van der Waals surface area contributed by atoms with Gasteiger partial charge in [-0.2, -0.15) is 0 Å². The van der Waals surface area contributed by atoms with Crippen LogP contribution in [0.15, 0.2) is 0 Å². The van der Waals surface area contributed by atoms with Gasteiger partial charge >= 0.3 is 0 Å². The fourth-order valence-electron chi connectivity index (χ4n) is 3.03. The Kier molecular flexibility index (Phi) is 3.85. The number of hydrogen-bond donors (Lipinski definition) is 2. The molecule has 0 radical (unpaired) electrons. The van der Waals surface area contributed by atoms with Gasteiger partial charge in [0.2, 0.25) is 0 Å². The summed E-state index contributed by atoms with van der Waals surface area (Å²) in [6.07, 6.45) is 3.68. The first-order valence-corrected chi connectivity index (χ1v) is 6.88. The van der Waals surface area contributed by atoms with Crippen LogP contribution in [0, 0.1) is 12.8 Å². The molecule has 4 heteroatoms. The van der Waals surface area contributed by atoms with E-state index in [0.717, 1.165) is 28.8 Å². The molecule has 3 N–H and O–H groups in total. The minimum Gasteiger partial charge on any atom is -0.308 e. The molecule has 1 aromatic rings. The first-order valence-electron chi connectivity index (χ1n) is 6.88. The number of hydrazine groups is 1. The zero-order chi connectivity index (χ0) is 13.3. The number of aryl methyl sites for hydroxylation is 1. The number of hydrogen-bond acceptors (Lipinski definition) is 4. The van der Waals surface area contributed by atoms with Crippen molar-refractivity contribution in [1.82, 2.24) is 9.97 Å². The van der Waals surface area contributed by atoms with Gasteiger partial charge in [-0.05, 0) is 38.0 Å². The Morgan fingerprint density at radius 1 is 1.28 bits per heavy atom. The first-order chi connectivity index (χ1) is 8.52. The van der Waals surface area contributed by atoms with E-state index in [2.05, 4.69) is 38.1 Å². The zero-order valence-corrected chi connectivity index (χ0v) is 11.8. The van der Waals surface area contributed by atoms with Gasteiger partial charge in [-0.25, -0.2) is 15.8 Å². The predicted octanol–water partition coefficient (Wildman–Crippen LogP) is 3.10. The monoisotopic (exact) mass is 248 g/mol. The number of aromatic nitrogens is 2. The Labute approximate surface area is 109 Å². The molecule has 2 rings (SSSR count). The zero-order valence-electron chi connectivity index (χ0n) is 11.8. The lowest BCUT2D eigenvalue weighted by molar-refractivity contribution is 0.583. The van der Waals surface area contributed by atoms with E-state index in [1.807, 2.05) is 0 Å². The van der Waals surface area contributed by atoms with Crippen LogP contribution in [0.5, 0.6) is 0 Å². The van der Waals surface area contributed by atoms with Crippen LogP contribution in [-0.2, 0) is 0 Å². The van der Waals surface area contributed by atoms with E-state index >= 15 is 0 Å². The molecule has 0 amide bonds. The van der Waals surface area contributed by atoms with Crippen molar-refractivity contribution in [1.29, 1.82) is 0 Å². The lowest BCUT2D eigenvalue weighted by atomic mass is 10.0. The minimum absolute atomic E-state index is 0.382. The van der Waals surface area contributed by atoms with Crippen LogP contribution < -0.4 is 11.3 Å². The quantitative estimate of drug-likeness (QED) is 0.637. The minimum atomic E-state index is 0.382. The highest BCUT2D eigenvalue weighted by atomic mass is 15.3. The summed E-state index contributed by atoms with van der Waals surface area (Å²) in [4.78, 5) is 9.36. The van der Waals surface area contributed by atoms with Gasteiger partial charge in [0.25, 0.3) is 0 Å². The molecule has 4 nitrogen and oxygen atoms in total. The van der Waals surface area contributed by atoms with Gasteiger partial charge in [-0.15, -0.1) is 0 Å². The number of nitrogen functional groups attached to an aromatic ring is 1. The van der Waals surface area contributed by atoms with Crippen LogP contribution in [0.2, 0.25) is 0 Å². The van der Waals surface area contributed by atoms with Crippen LogP contribution in [0.4, 0.5) is 5.82 Å². The van der Waals surface area contributed by atoms with Crippen molar-refractivity contribution >= 4 is 5.82 Å². The Balaban J connectivity index is 2.36. The summed E-state index contributed by atoms with van der Waals surface area (Å²) in [5, 5.41) is 0. The summed E-state index contributed by atoms with van der Waals surface area (Å²) >= 11 is 0. The second-order valence-electron chi connectivity index (χ2n) is 5.84. The molecule has 1 aliphatic rings. The highest BCUT2D eigenvalue weighted by molar-refractivity contribution is 5.47. The Morgan fingerprint density at radius 2 is 2.00 bits per heavy atom. The summed E-state index contributed by atoms with van der Waals surface area (Å²) < 4.78 is 0. The van der Waals surface area contributed by atoms with E-state index in [1.54, 1.807) is 0 Å². The van der Waals surface area contributed by atoms with Crippen molar-refractivity contribution in [2.75, 3.05) is 5.43 Å². The van der Waals surface area contributed by atoms with Gasteiger partial charge in [0.05, 0.1) is 0 Å². The van der Waals surface area contributed by atoms with E-state index in [9.17, 15) is 0 Å². The number of rotatable bonds is 3. The van der Waals surface area contributed by atoms with Gasteiger partial charge in [-0.3, -0.25) is 0 Å². The van der Waals surface area contributed by atoms with Gasteiger partial charge in [0, 0.05) is 17.2 Å². The molecule has 0 aliphatic heterocycles. The van der Waals surface area contributed by atoms with E-state index in [0.29, 0.717) is 11.8 Å². The summed E-state index contributed by atoms with van der Waals surface area (Å²) in [5.74, 6) is 9.06. The summed E-state index contributed by atoms with van der Waals surface area (Å²) in [7, 11) is 0. The summed E-state index contributed by atoms with van der Waals surface area (Å²) in [5.41, 5.74) is 4.93. The molecule has 1 aliphatic carbocycles. The molecule has 18 heavy (non-hydrogen) atoms. The molecular weight excluding hydrogens is 224 g/mol. The molecule has 0 bridgehead atoms. The van der Waals surface area contributed by atoms with E-state index < -0.39 is 0 Å². The van der Waals surface area contributed by atoms with Crippen molar-refractivity contribution < 1.29 is 0 Å². The molecule has 1 fully saturated rings. The third-order valence-corrected chi connectivity index (χ3v) is 3.93. The largest absolute Gasteiger partial charge is 0.308 e. The van der Waals surface area contributed by atoms with E-state index in [1.165, 1.54) is 19.3 Å². The average molecular weight is 248 g/mol. The van der Waals surface area contributed by atoms with Crippen LogP contribution in [0.3, 0.4) is 0 Å². The van der Waals surface area contributed by atoms with Crippen LogP contribution in [-0.4, -0.2) is 9.97 Å². The molecule has 2 atom stereocenters. The Hall–Kier alpha value is -1.16. The van der Waals surface area contributed by atoms with Crippen molar-refractivity contribution in [3.05, 3.63) is 17.1 Å². The molecule has 0 spiro atoms. The third kappa shape index (κ3) is 2.48. The standard InChI is InChI=1S/C14H24N4/c1-8(2)12-10(4)16-13(17-14(12)18-15)11-6-5-9(3)7-11/h8-9,11H,5-7,15H2,1-4H3,(H,16,17,18). The first kappa shape index (κ1) is 13.3. The fourth-order valence-corrected chi connectivity index (χ4v) is 3.03. The third-order valence-electron chi connectivity index (χ3n) is 3.93. The number of nitrogens with one attached hydrogen (secondary N) is 1. The number of nitrogens with zero attached hydrogens (tertiary/aromatic N) is 2. The maximum absolute atomic E-state index is 5.61. The lowest BCUT2D eigenvalue weighted by Crippen LogP contribution is -2.16. The maximum atomic E-state index is 5.61. The van der Waals surface area contributed by atoms with Crippen molar-refractivity contribution in [2.45, 2.75) is 58.8 Å². The highest BCUT2D eigenvalue weighted by Crippen LogP contribution is 2.37. The van der Waals surface area contributed by atoms with E-state index in [-0.39, 0.29) is 0 Å². The topological polar surface area (TPSA) is 63.8 Å². The number of anilines is 1. The van der Waals surface area contributed by atoms with Crippen LogP contribution >= 0.6 is 0 Å². The maximum Gasteiger partial charge on any atom is 0.147 e. The van der Waals surface area contributed by atoms with Crippen molar-refractivity contribution in [3.63, 3.8) is 0 Å². The Bertz CT molecular complexity index is 428. The molecule has 2 unspecified atom stereocenters. The highest BCUT2D eigenvalue weighted by Gasteiger charge is 2.26. The summed E-state index contributed by atoms with van der Waals surface area (Å²) in [6, 6.07) is 0. The van der Waals surface area contributed by atoms with Gasteiger partial charge in [0.1, 0.15) is 11.6 Å².